The van der Waals surface area contributed by atoms with Crippen LogP contribution in [0.25, 0.3) is 10.9 Å². The first-order chi connectivity index (χ1) is 17.9. The van der Waals surface area contributed by atoms with Crippen molar-refractivity contribution < 1.29 is 18.9 Å². The molecule has 5 rings (SSSR count). The number of hydrogen-bond acceptors (Lipinski definition) is 6. The Morgan fingerprint density at radius 3 is 2.59 bits per heavy atom. The minimum atomic E-state index is -0.221. The Morgan fingerprint density at radius 2 is 1.81 bits per heavy atom. The van der Waals surface area contributed by atoms with Crippen molar-refractivity contribution in [2.75, 3.05) is 26.3 Å². The van der Waals surface area contributed by atoms with E-state index in [-0.39, 0.29) is 18.9 Å². The highest BCUT2D eigenvalue weighted by molar-refractivity contribution is 7.80. The summed E-state index contributed by atoms with van der Waals surface area (Å²) in [4.78, 5) is 17.9. The number of fused-ring (bicyclic) bond motifs is 2. The minimum Gasteiger partial charge on any atom is -0.493 e. The van der Waals surface area contributed by atoms with Crippen LogP contribution >= 0.6 is 23.8 Å². The molecule has 190 valence electrons. The number of nitrogens with zero attached hydrogens (tertiary/aromatic N) is 1. The van der Waals surface area contributed by atoms with Crippen molar-refractivity contribution in [2.24, 2.45) is 0 Å². The minimum absolute atomic E-state index is 0.192. The summed E-state index contributed by atoms with van der Waals surface area (Å²) in [5, 5.41) is 5.07. The zero-order chi connectivity index (χ0) is 25.9. The summed E-state index contributed by atoms with van der Waals surface area (Å²) in [6.07, 6.45) is 0. The van der Waals surface area contributed by atoms with Gasteiger partial charge in [0.05, 0.1) is 26.3 Å². The van der Waals surface area contributed by atoms with Gasteiger partial charge in [0.25, 0.3) is 5.56 Å². The summed E-state index contributed by atoms with van der Waals surface area (Å²) in [7, 11) is 3.13. The molecule has 0 aliphatic carbocycles. The average molecular weight is 538 g/mol. The molecular weight excluding hydrogens is 514 g/mol. The monoisotopic (exact) mass is 537 g/mol. The van der Waals surface area contributed by atoms with Crippen molar-refractivity contribution >= 4 is 45.5 Å². The van der Waals surface area contributed by atoms with E-state index < -0.39 is 0 Å². The largest absolute Gasteiger partial charge is 0.493 e. The highest BCUT2D eigenvalue weighted by Gasteiger charge is 2.18. The van der Waals surface area contributed by atoms with Crippen LogP contribution in [-0.4, -0.2) is 36.0 Å². The Morgan fingerprint density at radius 1 is 1.03 bits per heavy atom. The summed E-state index contributed by atoms with van der Waals surface area (Å²) in [6.45, 7) is 0.866. The predicted octanol–water partition coefficient (Wildman–Crippen LogP) is 5.33. The summed E-state index contributed by atoms with van der Waals surface area (Å²) in [6, 6.07) is 18.4. The first kappa shape index (κ1) is 24.7. The lowest BCUT2D eigenvalue weighted by molar-refractivity contribution is 0.174. The summed E-state index contributed by atoms with van der Waals surface area (Å²) in [5.41, 5.74) is 2.66. The molecule has 0 spiro atoms. The molecule has 37 heavy (non-hydrogen) atoms. The molecule has 1 aliphatic heterocycles. The Kier molecular flexibility index (Phi) is 7.07. The van der Waals surface area contributed by atoms with E-state index in [4.69, 9.17) is 42.8 Å². The predicted molar refractivity (Wildman–Crippen MR) is 147 cm³/mol. The molecule has 3 aromatic carbocycles. The number of methoxy groups -OCH3 is 2. The summed E-state index contributed by atoms with van der Waals surface area (Å²) < 4.78 is 21.8. The molecule has 0 unspecified atom stereocenters. The molecule has 2 N–H and O–H groups in total. The summed E-state index contributed by atoms with van der Waals surface area (Å²) in [5.74, 6) is 2.49. The van der Waals surface area contributed by atoms with Gasteiger partial charge in [-0.2, -0.15) is 0 Å². The van der Waals surface area contributed by atoms with Gasteiger partial charge in [-0.15, -0.1) is 0 Å². The second-order valence-corrected chi connectivity index (χ2v) is 9.23. The van der Waals surface area contributed by atoms with Crippen molar-refractivity contribution in [1.29, 1.82) is 0 Å². The zero-order valence-electron chi connectivity index (χ0n) is 20.2. The molecule has 0 fully saturated rings. The van der Waals surface area contributed by atoms with Gasteiger partial charge in [-0.3, -0.25) is 4.79 Å². The Balaban J connectivity index is 1.48. The zero-order valence-corrected chi connectivity index (χ0v) is 21.7. The number of halogens is 1. The van der Waals surface area contributed by atoms with Gasteiger partial charge in [0.1, 0.15) is 0 Å². The first-order valence-electron chi connectivity index (χ1n) is 11.4. The highest BCUT2D eigenvalue weighted by atomic mass is 35.5. The van der Waals surface area contributed by atoms with Gasteiger partial charge in [-0.05, 0) is 60.2 Å². The molecule has 0 saturated carbocycles. The Labute approximate surface area is 223 Å². The van der Waals surface area contributed by atoms with E-state index in [0.29, 0.717) is 50.8 Å². The molecule has 10 heteroatoms. The standard InChI is InChI=1S/C27H24ClN3O5S/c1-33-23-10-17-9-18(26(32)30-21(17)12-24(23)34-2)14-31(27(37)29-20-5-3-4-19(28)11-20)13-16-6-7-22-25(8-16)36-15-35-22/h3-12H,13-15H2,1-2H3,(H,29,37)(H,30,32). The van der Waals surface area contributed by atoms with Crippen LogP contribution in [0, 0.1) is 0 Å². The van der Waals surface area contributed by atoms with Crippen LogP contribution in [0.1, 0.15) is 11.1 Å². The third-order valence-corrected chi connectivity index (χ3v) is 6.56. The second-order valence-electron chi connectivity index (χ2n) is 8.40. The van der Waals surface area contributed by atoms with E-state index in [1.165, 1.54) is 0 Å². The number of H-pyrrole nitrogens is 1. The first-order valence-corrected chi connectivity index (χ1v) is 12.2. The lowest BCUT2D eigenvalue weighted by atomic mass is 10.1. The normalized spacial score (nSPS) is 11.9. The molecular formula is C27H24ClN3O5S. The number of thiocarbonyl (C=S) groups is 1. The number of ether oxygens (including phenoxy) is 4. The lowest BCUT2D eigenvalue weighted by Gasteiger charge is -2.26. The van der Waals surface area contributed by atoms with Crippen LogP contribution in [0.3, 0.4) is 0 Å². The second kappa shape index (κ2) is 10.6. The van der Waals surface area contributed by atoms with Gasteiger partial charge in [-0.25, -0.2) is 0 Å². The molecule has 0 saturated heterocycles. The van der Waals surface area contributed by atoms with Crippen molar-refractivity contribution in [3.05, 3.63) is 87.2 Å². The molecule has 0 amide bonds. The fourth-order valence-electron chi connectivity index (χ4n) is 4.13. The maximum absolute atomic E-state index is 13.1. The van der Waals surface area contributed by atoms with Crippen LogP contribution in [0.15, 0.2) is 65.5 Å². The highest BCUT2D eigenvalue weighted by Crippen LogP contribution is 2.33. The third kappa shape index (κ3) is 5.42. The molecule has 0 atom stereocenters. The Hall–Kier alpha value is -3.95. The van der Waals surface area contributed by atoms with Crippen molar-refractivity contribution in [3.63, 3.8) is 0 Å². The van der Waals surface area contributed by atoms with E-state index in [1.807, 2.05) is 47.4 Å². The number of hydrogen-bond donors (Lipinski definition) is 2. The molecule has 4 aromatic rings. The number of aromatic nitrogens is 1. The number of rotatable bonds is 7. The fourth-order valence-corrected chi connectivity index (χ4v) is 4.57. The number of aromatic amines is 1. The van der Waals surface area contributed by atoms with Crippen molar-refractivity contribution in [1.82, 2.24) is 9.88 Å². The Bertz CT molecular complexity index is 1540. The van der Waals surface area contributed by atoms with Crippen molar-refractivity contribution in [3.8, 4) is 23.0 Å². The number of pyridine rings is 1. The van der Waals surface area contributed by atoms with E-state index in [1.54, 1.807) is 32.4 Å². The topological polar surface area (TPSA) is 85.0 Å². The van der Waals surface area contributed by atoms with E-state index in [2.05, 4.69) is 10.3 Å². The number of benzene rings is 3. The number of nitrogens with one attached hydrogen (secondary N) is 2. The SMILES string of the molecule is COc1cc2cc(CN(Cc3ccc4c(c3)OCO4)C(=S)Nc3cccc(Cl)c3)c(=O)[nH]c2cc1OC. The van der Waals surface area contributed by atoms with E-state index in [9.17, 15) is 4.79 Å². The molecule has 2 heterocycles. The van der Waals surface area contributed by atoms with Gasteiger partial charge in [0.2, 0.25) is 6.79 Å². The smallest absolute Gasteiger partial charge is 0.253 e. The van der Waals surface area contributed by atoms with E-state index in [0.717, 1.165) is 16.6 Å². The van der Waals surface area contributed by atoms with Crippen LogP contribution in [0.4, 0.5) is 5.69 Å². The summed E-state index contributed by atoms with van der Waals surface area (Å²) >= 11 is 11.9. The molecule has 0 radical (unpaired) electrons. The van der Waals surface area contributed by atoms with Gasteiger partial charge in [-0.1, -0.05) is 23.7 Å². The third-order valence-electron chi connectivity index (χ3n) is 5.96. The van der Waals surface area contributed by atoms with Crippen molar-refractivity contribution in [2.45, 2.75) is 13.1 Å². The average Bonchev–Trinajstić information content (AvgIpc) is 3.36. The molecule has 1 aromatic heterocycles. The molecule has 0 bridgehead atoms. The van der Waals surface area contributed by atoms with Gasteiger partial charge in [0.15, 0.2) is 28.1 Å². The molecule has 1 aliphatic rings. The maximum Gasteiger partial charge on any atom is 0.253 e. The van der Waals surface area contributed by atoms with E-state index >= 15 is 0 Å². The van der Waals surface area contributed by atoms with Crippen LogP contribution in [0.5, 0.6) is 23.0 Å². The van der Waals surface area contributed by atoms with Crippen LogP contribution in [0.2, 0.25) is 5.02 Å². The van der Waals surface area contributed by atoms with Gasteiger partial charge >= 0.3 is 0 Å². The molecule has 8 nitrogen and oxygen atoms in total. The maximum atomic E-state index is 13.1. The number of anilines is 1. The van der Waals surface area contributed by atoms with Crippen LogP contribution < -0.4 is 29.8 Å². The van der Waals surface area contributed by atoms with Crippen LogP contribution in [-0.2, 0) is 13.1 Å². The fraction of sp³-hybridized carbons (Fsp3) is 0.185. The van der Waals surface area contributed by atoms with Gasteiger partial charge < -0.3 is 34.1 Å². The lowest BCUT2D eigenvalue weighted by Crippen LogP contribution is -2.35. The quantitative estimate of drug-likeness (QED) is 0.306. The van der Waals surface area contributed by atoms with Gasteiger partial charge in [0, 0.05) is 34.3 Å².